The van der Waals surface area contributed by atoms with E-state index in [1.54, 1.807) is 12.1 Å². The summed E-state index contributed by atoms with van der Waals surface area (Å²) < 4.78 is 32.1. The van der Waals surface area contributed by atoms with Gasteiger partial charge in [0.2, 0.25) is 10.0 Å². The van der Waals surface area contributed by atoms with Gasteiger partial charge in [0.1, 0.15) is 5.75 Å². The van der Waals surface area contributed by atoms with Crippen molar-refractivity contribution < 1.29 is 13.2 Å². The van der Waals surface area contributed by atoms with E-state index in [9.17, 15) is 8.42 Å². The number of sulfonamides is 1. The van der Waals surface area contributed by atoms with Gasteiger partial charge in [-0.25, -0.2) is 13.1 Å². The molecule has 2 rings (SSSR count). The van der Waals surface area contributed by atoms with Crippen LogP contribution >= 0.6 is 23.2 Å². The minimum Gasteiger partial charge on any atom is -0.496 e. The highest BCUT2D eigenvalue weighted by Crippen LogP contribution is 2.25. The van der Waals surface area contributed by atoms with Crippen LogP contribution in [0.15, 0.2) is 47.4 Å². The van der Waals surface area contributed by atoms with Gasteiger partial charge in [0.15, 0.2) is 0 Å². The first kappa shape index (κ1) is 16.1. The van der Waals surface area contributed by atoms with E-state index >= 15 is 0 Å². The van der Waals surface area contributed by atoms with Gasteiger partial charge in [-0.15, -0.1) is 0 Å². The number of rotatable bonds is 5. The molecule has 0 aliphatic carbocycles. The number of nitrogens with one attached hydrogen (secondary N) is 1. The lowest BCUT2D eigenvalue weighted by Gasteiger charge is -2.10. The maximum Gasteiger partial charge on any atom is 0.240 e. The molecule has 0 saturated carbocycles. The van der Waals surface area contributed by atoms with Crippen LogP contribution in [0.5, 0.6) is 5.75 Å². The predicted octanol–water partition coefficient (Wildman–Crippen LogP) is 3.48. The highest BCUT2D eigenvalue weighted by atomic mass is 35.5. The molecule has 0 unspecified atom stereocenters. The summed E-state index contributed by atoms with van der Waals surface area (Å²) in [6.45, 7) is 0.118. The standard InChI is InChI=1S/C14H13Cl2NO3S/c1-20-14-5-3-2-4-10(14)9-17-21(18,19)11-6-7-12(15)13(16)8-11/h2-8,17H,9H2,1H3. The van der Waals surface area contributed by atoms with Gasteiger partial charge in [-0.1, -0.05) is 41.4 Å². The van der Waals surface area contributed by atoms with E-state index in [-0.39, 0.29) is 16.5 Å². The fourth-order valence-electron chi connectivity index (χ4n) is 1.75. The first-order valence-corrected chi connectivity index (χ1v) is 8.24. The van der Waals surface area contributed by atoms with E-state index in [4.69, 9.17) is 27.9 Å². The molecule has 0 aliphatic rings. The molecule has 0 heterocycles. The molecule has 0 atom stereocenters. The Labute approximate surface area is 133 Å². The van der Waals surface area contributed by atoms with Crippen LogP contribution in [0.4, 0.5) is 0 Å². The third-order valence-corrected chi connectivity index (χ3v) is 4.98. The van der Waals surface area contributed by atoms with E-state index in [0.29, 0.717) is 10.8 Å². The molecule has 0 aromatic heterocycles. The molecule has 2 aromatic rings. The molecule has 0 bridgehead atoms. The lowest BCUT2D eigenvalue weighted by Crippen LogP contribution is -2.23. The van der Waals surface area contributed by atoms with Gasteiger partial charge in [-0.2, -0.15) is 0 Å². The summed E-state index contributed by atoms with van der Waals surface area (Å²) in [5.74, 6) is 0.620. The fraction of sp³-hybridized carbons (Fsp3) is 0.143. The lowest BCUT2D eigenvalue weighted by molar-refractivity contribution is 0.409. The Morgan fingerprint density at radius 3 is 2.48 bits per heavy atom. The third kappa shape index (κ3) is 3.89. The van der Waals surface area contributed by atoms with Crippen LogP contribution in [0.25, 0.3) is 0 Å². The van der Waals surface area contributed by atoms with E-state index in [1.807, 2.05) is 12.1 Å². The molecule has 7 heteroatoms. The topological polar surface area (TPSA) is 55.4 Å². The molecular formula is C14H13Cl2NO3S. The monoisotopic (exact) mass is 345 g/mol. The van der Waals surface area contributed by atoms with Crippen molar-refractivity contribution in [2.75, 3.05) is 7.11 Å². The van der Waals surface area contributed by atoms with Crippen LogP contribution in [0.3, 0.4) is 0 Å². The van der Waals surface area contributed by atoms with Crippen LogP contribution < -0.4 is 9.46 Å². The van der Waals surface area contributed by atoms with Crippen molar-refractivity contribution in [2.45, 2.75) is 11.4 Å². The summed E-state index contributed by atoms with van der Waals surface area (Å²) in [6.07, 6.45) is 0. The van der Waals surface area contributed by atoms with E-state index in [1.165, 1.54) is 25.3 Å². The van der Waals surface area contributed by atoms with Crippen molar-refractivity contribution in [1.29, 1.82) is 0 Å². The second kappa shape index (κ2) is 6.66. The quantitative estimate of drug-likeness (QED) is 0.902. The summed E-state index contributed by atoms with van der Waals surface area (Å²) in [7, 11) is -2.14. The zero-order valence-corrected chi connectivity index (χ0v) is 13.5. The Morgan fingerprint density at radius 2 is 1.81 bits per heavy atom. The zero-order valence-electron chi connectivity index (χ0n) is 11.1. The summed E-state index contributed by atoms with van der Waals surface area (Å²) in [4.78, 5) is 0.0618. The van der Waals surface area contributed by atoms with Gasteiger partial charge in [0, 0.05) is 12.1 Å². The minimum absolute atomic E-state index is 0.0618. The molecular weight excluding hydrogens is 333 g/mol. The smallest absolute Gasteiger partial charge is 0.240 e. The van der Waals surface area contributed by atoms with Crippen molar-refractivity contribution >= 4 is 33.2 Å². The van der Waals surface area contributed by atoms with Gasteiger partial charge >= 0.3 is 0 Å². The second-order valence-corrected chi connectivity index (χ2v) is 6.79. The number of methoxy groups -OCH3 is 1. The highest BCUT2D eigenvalue weighted by molar-refractivity contribution is 7.89. The predicted molar refractivity (Wildman–Crippen MR) is 83.5 cm³/mol. The number of hydrogen-bond donors (Lipinski definition) is 1. The van der Waals surface area contributed by atoms with Crippen LogP contribution in [0.2, 0.25) is 10.0 Å². The summed E-state index contributed by atoms with van der Waals surface area (Å²) in [6, 6.07) is 11.3. The molecule has 0 radical (unpaired) electrons. The molecule has 2 aromatic carbocycles. The first-order valence-electron chi connectivity index (χ1n) is 6.00. The summed E-state index contributed by atoms with van der Waals surface area (Å²) in [5, 5.41) is 0.497. The average molecular weight is 346 g/mol. The van der Waals surface area contributed by atoms with Crippen LogP contribution in [-0.4, -0.2) is 15.5 Å². The van der Waals surface area contributed by atoms with Gasteiger partial charge < -0.3 is 4.74 Å². The SMILES string of the molecule is COc1ccccc1CNS(=O)(=O)c1ccc(Cl)c(Cl)c1. The summed E-state index contributed by atoms with van der Waals surface area (Å²) >= 11 is 11.6. The second-order valence-electron chi connectivity index (χ2n) is 4.21. The number of benzene rings is 2. The largest absolute Gasteiger partial charge is 0.496 e. The van der Waals surface area contributed by atoms with Crippen molar-refractivity contribution in [1.82, 2.24) is 4.72 Å². The molecule has 1 N–H and O–H groups in total. The van der Waals surface area contributed by atoms with Gasteiger partial charge in [0.25, 0.3) is 0 Å². The molecule has 0 spiro atoms. The van der Waals surface area contributed by atoms with Crippen LogP contribution in [0.1, 0.15) is 5.56 Å². The Balaban J connectivity index is 2.20. The van der Waals surface area contributed by atoms with E-state index in [2.05, 4.69) is 4.72 Å². The van der Waals surface area contributed by atoms with E-state index in [0.717, 1.165) is 5.56 Å². The maximum absolute atomic E-state index is 12.2. The Kier molecular flexibility index (Phi) is 5.11. The molecule has 0 fully saturated rings. The zero-order chi connectivity index (χ0) is 15.5. The summed E-state index contributed by atoms with van der Waals surface area (Å²) in [5.41, 5.74) is 0.739. The van der Waals surface area contributed by atoms with Crippen molar-refractivity contribution in [2.24, 2.45) is 0 Å². The van der Waals surface area contributed by atoms with Crippen molar-refractivity contribution in [3.8, 4) is 5.75 Å². The maximum atomic E-state index is 12.2. The minimum atomic E-state index is -3.67. The molecule has 0 aliphatic heterocycles. The fourth-order valence-corrected chi connectivity index (χ4v) is 3.14. The van der Waals surface area contributed by atoms with Crippen LogP contribution in [0, 0.1) is 0 Å². The van der Waals surface area contributed by atoms with Crippen LogP contribution in [-0.2, 0) is 16.6 Å². The molecule has 0 amide bonds. The average Bonchev–Trinajstić information content (AvgIpc) is 2.48. The van der Waals surface area contributed by atoms with Gasteiger partial charge in [0.05, 0.1) is 22.1 Å². The highest BCUT2D eigenvalue weighted by Gasteiger charge is 2.16. The molecule has 112 valence electrons. The van der Waals surface area contributed by atoms with Gasteiger partial charge in [-0.3, -0.25) is 0 Å². The van der Waals surface area contributed by atoms with Gasteiger partial charge in [-0.05, 0) is 24.3 Å². The molecule has 21 heavy (non-hydrogen) atoms. The number of hydrogen-bond acceptors (Lipinski definition) is 3. The Bertz CT molecular complexity index is 748. The molecule has 4 nitrogen and oxygen atoms in total. The van der Waals surface area contributed by atoms with E-state index < -0.39 is 10.0 Å². The number of halogens is 2. The first-order chi connectivity index (χ1) is 9.94. The van der Waals surface area contributed by atoms with Crippen molar-refractivity contribution in [3.63, 3.8) is 0 Å². The Hall–Kier alpha value is -1.27. The number of ether oxygens (including phenoxy) is 1. The normalized spacial score (nSPS) is 11.4. The third-order valence-electron chi connectivity index (χ3n) is 2.85. The van der Waals surface area contributed by atoms with Crippen molar-refractivity contribution in [3.05, 3.63) is 58.1 Å². The lowest BCUT2D eigenvalue weighted by atomic mass is 10.2. The Morgan fingerprint density at radius 1 is 1.10 bits per heavy atom. The number of para-hydroxylation sites is 1. The molecule has 0 saturated heterocycles.